The molecule has 1 atom stereocenters. The lowest BCUT2D eigenvalue weighted by molar-refractivity contribution is 0.601. The van der Waals surface area contributed by atoms with Gasteiger partial charge in [0.2, 0.25) is 0 Å². The number of hydrogen-bond donors (Lipinski definition) is 0. The van der Waals surface area contributed by atoms with E-state index in [1.54, 1.807) is 0 Å². The van der Waals surface area contributed by atoms with E-state index in [0.29, 0.717) is 0 Å². The third kappa shape index (κ3) is 6.27. The minimum absolute atomic E-state index is 0.199. The van der Waals surface area contributed by atoms with Gasteiger partial charge in [0.05, 0.1) is 0 Å². The molecule has 0 amide bonds. The van der Waals surface area contributed by atoms with Crippen molar-refractivity contribution < 1.29 is 0 Å². The molecule has 1 unspecified atom stereocenters. The molecule has 60 heavy (non-hydrogen) atoms. The van der Waals surface area contributed by atoms with Gasteiger partial charge in [-0.05, 0) is 131 Å². The molecule has 0 N–H and O–H groups in total. The zero-order valence-electron chi connectivity index (χ0n) is 33.6. The van der Waals surface area contributed by atoms with Crippen molar-refractivity contribution in [2.45, 2.75) is 18.8 Å². The lowest BCUT2D eigenvalue weighted by atomic mass is 9.74. The van der Waals surface area contributed by atoms with Gasteiger partial charge in [-0.2, -0.15) is 0 Å². The fraction of sp³-hybridized carbons (Fsp3) is 0.0508. The smallest absolute Gasteiger partial charge is 0.0465 e. The number of nitrogens with zero attached hydrogens (tertiary/aromatic N) is 1. The molecule has 0 bridgehead atoms. The normalized spacial score (nSPS) is 14.9. The van der Waals surface area contributed by atoms with E-state index in [1.807, 2.05) is 0 Å². The third-order valence-corrected chi connectivity index (χ3v) is 12.6. The number of rotatable bonds is 7. The summed E-state index contributed by atoms with van der Waals surface area (Å²) in [6.45, 7) is 2.38. The van der Waals surface area contributed by atoms with Crippen LogP contribution in [0.2, 0.25) is 0 Å². The molecule has 284 valence electrons. The zero-order chi connectivity index (χ0) is 40.0. The van der Waals surface area contributed by atoms with Gasteiger partial charge in [-0.3, -0.25) is 0 Å². The lowest BCUT2D eigenvalue weighted by Gasteiger charge is -2.33. The molecule has 0 fully saturated rings. The van der Waals surface area contributed by atoms with Crippen molar-refractivity contribution in [3.05, 3.63) is 236 Å². The van der Waals surface area contributed by atoms with Crippen LogP contribution in [-0.2, 0) is 5.41 Å². The predicted molar refractivity (Wildman–Crippen MR) is 258 cm³/mol. The van der Waals surface area contributed by atoms with Crippen molar-refractivity contribution in [1.82, 2.24) is 0 Å². The molecule has 0 aromatic heterocycles. The minimum atomic E-state index is -0.199. The molecule has 0 spiro atoms. The van der Waals surface area contributed by atoms with E-state index in [2.05, 4.69) is 242 Å². The molecular formula is C59H43N. The first-order valence-electron chi connectivity index (χ1n) is 21.0. The van der Waals surface area contributed by atoms with Gasteiger partial charge in [-0.1, -0.05) is 195 Å². The van der Waals surface area contributed by atoms with Crippen molar-refractivity contribution >= 4 is 60.2 Å². The van der Waals surface area contributed by atoms with Crippen LogP contribution in [0, 0.1) is 0 Å². The summed E-state index contributed by atoms with van der Waals surface area (Å²) in [6, 6.07) is 75.9. The monoisotopic (exact) mass is 765 g/mol. The summed E-state index contributed by atoms with van der Waals surface area (Å²) in [5, 5.41) is 10.2. The first-order valence-corrected chi connectivity index (χ1v) is 21.0. The second-order valence-electron chi connectivity index (χ2n) is 16.3. The summed E-state index contributed by atoms with van der Waals surface area (Å²) < 4.78 is 0. The second kappa shape index (κ2) is 14.7. The molecule has 1 nitrogen and oxygen atoms in total. The van der Waals surface area contributed by atoms with Crippen molar-refractivity contribution in [1.29, 1.82) is 0 Å². The largest absolute Gasteiger partial charge is 0.310 e. The topological polar surface area (TPSA) is 3.24 Å². The van der Waals surface area contributed by atoms with E-state index in [0.717, 1.165) is 23.5 Å². The molecule has 1 aliphatic rings. The van der Waals surface area contributed by atoms with Crippen LogP contribution in [0.4, 0.5) is 17.1 Å². The Morgan fingerprint density at radius 3 is 1.72 bits per heavy atom. The van der Waals surface area contributed by atoms with Crippen LogP contribution in [0.5, 0.6) is 0 Å². The van der Waals surface area contributed by atoms with Gasteiger partial charge in [0, 0.05) is 22.5 Å². The highest BCUT2D eigenvalue weighted by Gasteiger charge is 2.28. The van der Waals surface area contributed by atoms with Gasteiger partial charge in [0.1, 0.15) is 0 Å². The van der Waals surface area contributed by atoms with E-state index in [4.69, 9.17) is 0 Å². The average Bonchev–Trinajstić information content (AvgIpc) is 3.32. The summed E-state index contributed by atoms with van der Waals surface area (Å²) >= 11 is 0. The maximum atomic E-state index is 2.45. The lowest BCUT2D eigenvalue weighted by Crippen LogP contribution is -2.21. The van der Waals surface area contributed by atoms with Crippen molar-refractivity contribution in [3.8, 4) is 33.4 Å². The standard InChI is InChI=1S/C59H43N/c1-59(37-10-3-11-38-59)57-40-51(34-36-54(57)47-29-35-56-48(39-47)24-23-46-22-21-44-16-7-9-19-55(44)58(46)56)60(49-30-25-42(26-31-49)41-13-4-2-5-14-41)50-32-27-45(28-33-50)53-20-12-17-43-15-6-8-18-52(43)53/h2-37,39-40H,38H2,1H3. The van der Waals surface area contributed by atoms with Crippen LogP contribution < -0.4 is 4.90 Å². The zero-order valence-corrected chi connectivity index (χ0v) is 33.6. The van der Waals surface area contributed by atoms with E-state index in [1.165, 1.54) is 82.0 Å². The van der Waals surface area contributed by atoms with E-state index in [-0.39, 0.29) is 5.41 Å². The van der Waals surface area contributed by atoms with Gasteiger partial charge in [-0.25, -0.2) is 0 Å². The van der Waals surface area contributed by atoms with E-state index in [9.17, 15) is 0 Å². The molecule has 0 radical (unpaired) electrons. The summed E-state index contributed by atoms with van der Waals surface area (Å²) in [7, 11) is 0. The van der Waals surface area contributed by atoms with Crippen LogP contribution in [0.15, 0.2) is 231 Å². The third-order valence-electron chi connectivity index (χ3n) is 12.6. The number of benzene rings is 10. The summed E-state index contributed by atoms with van der Waals surface area (Å²) in [5.74, 6) is 0. The maximum absolute atomic E-state index is 2.45. The van der Waals surface area contributed by atoms with Crippen molar-refractivity contribution in [2.75, 3.05) is 4.90 Å². The summed E-state index contributed by atoms with van der Waals surface area (Å²) in [4.78, 5) is 2.41. The summed E-state index contributed by atoms with van der Waals surface area (Å²) in [6.07, 6.45) is 10.0. The minimum Gasteiger partial charge on any atom is -0.310 e. The van der Waals surface area contributed by atoms with Gasteiger partial charge in [0.15, 0.2) is 0 Å². The Hall–Kier alpha value is -7.48. The molecule has 0 heterocycles. The highest BCUT2D eigenvalue weighted by atomic mass is 15.1. The molecule has 10 aromatic rings. The highest BCUT2D eigenvalue weighted by Crippen LogP contribution is 2.45. The Bertz CT molecular complexity index is 3280. The van der Waals surface area contributed by atoms with Gasteiger partial charge in [0.25, 0.3) is 0 Å². The van der Waals surface area contributed by atoms with Crippen molar-refractivity contribution in [2.24, 2.45) is 0 Å². The molecule has 1 heteroatoms. The predicted octanol–water partition coefficient (Wildman–Crippen LogP) is 16.5. The first-order chi connectivity index (χ1) is 29.6. The Morgan fingerprint density at radius 2 is 0.967 bits per heavy atom. The first kappa shape index (κ1) is 35.7. The number of anilines is 3. The van der Waals surface area contributed by atoms with Gasteiger partial charge >= 0.3 is 0 Å². The Balaban J connectivity index is 1.06. The Morgan fingerprint density at radius 1 is 0.383 bits per heavy atom. The number of allylic oxidation sites excluding steroid dienone is 4. The number of fused-ring (bicyclic) bond motifs is 6. The molecule has 0 saturated carbocycles. The van der Waals surface area contributed by atoms with Crippen LogP contribution in [0.3, 0.4) is 0 Å². The Kier molecular flexibility index (Phi) is 8.75. The average molecular weight is 766 g/mol. The van der Waals surface area contributed by atoms with Crippen LogP contribution >= 0.6 is 0 Å². The Labute approximate surface area is 351 Å². The SMILES string of the molecule is CC1(c2cc(N(c3ccc(-c4ccccc4)cc3)c3ccc(-c4cccc5ccccc45)cc3)ccc2-c2ccc3c(ccc4ccc5ccccc5c43)c2)C=CC=CC1. The van der Waals surface area contributed by atoms with Gasteiger partial charge < -0.3 is 4.90 Å². The molecule has 0 aliphatic heterocycles. The highest BCUT2D eigenvalue weighted by molar-refractivity contribution is 6.20. The maximum Gasteiger partial charge on any atom is 0.0465 e. The molecule has 10 aromatic carbocycles. The molecular weight excluding hydrogens is 723 g/mol. The summed E-state index contributed by atoms with van der Waals surface area (Å²) in [5.41, 5.74) is 11.8. The fourth-order valence-electron chi connectivity index (χ4n) is 9.47. The number of hydrogen-bond acceptors (Lipinski definition) is 1. The van der Waals surface area contributed by atoms with Crippen LogP contribution in [0.1, 0.15) is 18.9 Å². The molecule has 1 aliphatic carbocycles. The van der Waals surface area contributed by atoms with E-state index < -0.39 is 0 Å². The van der Waals surface area contributed by atoms with Crippen LogP contribution in [0.25, 0.3) is 76.5 Å². The quantitative estimate of drug-likeness (QED) is 0.146. The van der Waals surface area contributed by atoms with E-state index >= 15 is 0 Å². The second-order valence-corrected chi connectivity index (χ2v) is 16.3. The fourth-order valence-corrected chi connectivity index (χ4v) is 9.47. The molecule has 11 rings (SSSR count). The van der Waals surface area contributed by atoms with Crippen molar-refractivity contribution in [3.63, 3.8) is 0 Å². The molecule has 0 saturated heterocycles. The van der Waals surface area contributed by atoms with Gasteiger partial charge in [-0.15, -0.1) is 0 Å². The van der Waals surface area contributed by atoms with Crippen LogP contribution in [-0.4, -0.2) is 0 Å².